The van der Waals surface area contributed by atoms with Gasteiger partial charge in [0.05, 0.1) is 0 Å². The van der Waals surface area contributed by atoms with Gasteiger partial charge in [0, 0.05) is 23.3 Å². The summed E-state index contributed by atoms with van der Waals surface area (Å²) in [7, 11) is 0. The number of Topliss-reactive ketones (excluding diaryl/α,β-unsaturated/α-hetero) is 1. The molecular weight excluding hydrogens is 337 g/mol. The van der Waals surface area contributed by atoms with Gasteiger partial charge in [0.2, 0.25) is 5.16 Å². The van der Waals surface area contributed by atoms with E-state index in [2.05, 4.69) is 15.2 Å². The lowest BCUT2D eigenvalue weighted by Crippen LogP contribution is -1.99. The molecule has 0 unspecified atom stereocenters. The molecule has 0 saturated heterocycles. The second kappa shape index (κ2) is 8.07. The number of hydrogen-bond acceptors (Lipinski definition) is 4. The topological polar surface area (TPSA) is 58.6 Å². The van der Waals surface area contributed by atoms with E-state index in [1.807, 2.05) is 31.2 Å². The predicted molar refractivity (Wildman–Crippen MR) is 97.2 cm³/mol. The highest BCUT2D eigenvalue weighted by Crippen LogP contribution is 2.20. The molecule has 0 saturated carbocycles. The number of thioether (sulfide) groups is 1. The number of nitrogens with zero attached hydrogens (tertiary/aromatic N) is 2. The number of H-pyrrole nitrogens is 1. The molecule has 25 heavy (non-hydrogen) atoms. The van der Waals surface area contributed by atoms with Crippen molar-refractivity contribution in [3.63, 3.8) is 0 Å². The van der Waals surface area contributed by atoms with Crippen LogP contribution in [0.1, 0.15) is 28.8 Å². The monoisotopic (exact) mass is 355 g/mol. The first-order valence-electron chi connectivity index (χ1n) is 8.03. The van der Waals surface area contributed by atoms with E-state index < -0.39 is 0 Å². The SMILES string of the molecule is Cc1ccc(-c2nc(SCCCC(=O)c3ccc(F)cc3)n[nH]2)cc1. The molecule has 0 aliphatic carbocycles. The Bertz CT molecular complexity index is 844. The molecule has 0 fully saturated rings. The summed E-state index contributed by atoms with van der Waals surface area (Å²) in [5, 5.41) is 7.81. The number of halogens is 1. The van der Waals surface area contributed by atoms with Crippen LogP contribution in [0.5, 0.6) is 0 Å². The van der Waals surface area contributed by atoms with Gasteiger partial charge in [0.25, 0.3) is 0 Å². The molecule has 0 atom stereocenters. The van der Waals surface area contributed by atoms with Crippen molar-refractivity contribution >= 4 is 17.5 Å². The van der Waals surface area contributed by atoms with Crippen molar-refractivity contribution in [3.05, 3.63) is 65.5 Å². The van der Waals surface area contributed by atoms with Gasteiger partial charge in [-0.1, -0.05) is 41.6 Å². The molecule has 3 rings (SSSR count). The van der Waals surface area contributed by atoms with Crippen LogP contribution in [0.2, 0.25) is 0 Å². The third-order valence-electron chi connectivity index (χ3n) is 3.74. The molecule has 1 N–H and O–H groups in total. The number of hydrogen-bond donors (Lipinski definition) is 1. The zero-order chi connectivity index (χ0) is 17.6. The first-order valence-corrected chi connectivity index (χ1v) is 9.01. The van der Waals surface area contributed by atoms with Gasteiger partial charge in [0.15, 0.2) is 11.6 Å². The van der Waals surface area contributed by atoms with Crippen LogP contribution >= 0.6 is 11.8 Å². The van der Waals surface area contributed by atoms with Gasteiger partial charge in [0.1, 0.15) is 5.82 Å². The third kappa shape index (κ3) is 4.76. The number of ketones is 1. The van der Waals surface area contributed by atoms with Crippen molar-refractivity contribution in [1.29, 1.82) is 0 Å². The summed E-state index contributed by atoms with van der Waals surface area (Å²) in [5.74, 6) is 1.18. The van der Waals surface area contributed by atoms with E-state index in [1.54, 1.807) is 0 Å². The summed E-state index contributed by atoms with van der Waals surface area (Å²) in [6, 6.07) is 13.7. The molecule has 2 aromatic carbocycles. The maximum atomic E-state index is 12.9. The van der Waals surface area contributed by atoms with Crippen molar-refractivity contribution in [2.24, 2.45) is 0 Å². The van der Waals surface area contributed by atoms with Gasteiger partial charge >= 0.3 is 0 Å². The zero-order valence-electron chi connectivity index (χ0n) is 13.8. The van der Waals surface area contributed by atoms with E-state index in [4.69, 9.17) is 0 Å². The van der Waals surface area contributed by atoms with E-state index in [9.17, 15) is 9.18 Å². The van der Waals surface area contributed by atoms with E-state index in [1.165, 1.54) is 41.6 Å². The maximum absolute atomic E-state index is 12.9. The summed E-state index contributed by atoms with van der Waals surface area (Å²) in [6.07, 6.45) is 1.14. The third-order valence-corrected chi connectivity index (χ3v) is 4.67. The first kappa shape index (κ1) is 17.4. The van der Waals surface area contributed by atoms with Crippen molar-refractivity contribution < 1.29 is 9.18 Å². The van der Waals surface area contributed by atoms with Crippen LogP contribution in [0.4, 0.5) is 4.39 Å². The lowest BCUT2D eigenvalue weighted by molar-refractivity contribution is 0.0982. The Hall–Kier alpha value is -2.47. The van der Waals surface area contributed by atoms with Gasteiger partial charge < -0.3 is 0 Å². The van der Waals surface area contributed by atoms with Crippen LogP contribution < -0.4 is 0 Å². The molecule has 128 valence electrons. The van der Waals surface area contributed by atoms with Crippen LogP contribution in [-0.2, 0) is 0 Å². The minimum Gasteiger partial charge on any atom is -0.294 e. The first-order chi connectivity index (χ1) is 12.1. The molecule has 6 heteroatoms. The van der Waals surface area contributed by atoms with Gasteiger partial charge in [-0.15, -0.1) is 5.10 Å². The predicted octanol–water partition coefficient (Wildman–Crippen LogP) is 4.67. The van der Waals surface area contributed by atoms with Gasteiger partial charge in [-0.2, -0.15) is 0 Å². The number of aromatic nitrogens is 3. The Labute approximate surface area is 149 Å². The Morgan fingerprint density at radius 1 is 1.12 bits per heavy atom. The van der Waals surface area contributed by atoms with Crippen molar-refractivity contribution in [2.75, 3.05) is 5.75 Å². The molecule has 3 aromatic rings. The van der Waals surface area contributed by atoms with Gasteiger partial charge in [-0.05, 0) is 37.6 Å². The molecule has 0 amide bonds. The van der Waals surface area contributed by atoms with Crippen molar-refractivity contribution in [3.8, 4) is 11.4 Å². The van der Waals surface area contributed by atoms with Crippen molar-refractivity contribution in [1.82, 2.24) is 15.2 Å². The van der Waals surface area contributed by atoms with Crippen LogP contribution in [0.15, 0.2) is 53.7 Å². The minimum absolute atomic E-state index is 0.0240. The number of aromatic amines is 1. The molecule has 0 radical (unpaired) electrons. The molecule has 0 bridgehead atoms. The van der Waals surface area contributed by atoms with Crippen LogP contribution in [0.3, 0.4) is 0 Å². The number of carbonyl (C=O) groups excluding carboxylic acids is 1. The molecule has 0 aliphatic rings. The fraction of sp³-hybridized carbons (Fsp3) is 0.211. The van der Waals surface area contributed by atoms with E-state index in [-0.39, 0.29) is 11.6 Å². The summed E-state index contributed by atoms with van der Waals surface area (Å²) < 4.78 is 12.9. The molecule has 0 spiro atoms. The quantitative estimate of drug-likeness (QED) is 0.380. The number of nitrogens with one attached hydrogen (secondary N) is 1. The summed E-state index contributed by atoms with van der Waals surface area (Å²) in [5.41, 5.74) is 2.74. The molecule has 4 nitrogen and oxygen atoms in total. The van der Waals surface area contributed by atoms with Crippen LogP contribution in [-0.4, -0.2) is 26.7 Å². The minimum atomic E-state index is -0.332. The van der Waals surface area contributed by atoms with Crippen LogP contribution in [0.25, 0.3) is 11.4 Å². The Morgan fingerprint density at radius 3 is 2.56 bits per heavy atom. The smallest absolute Gasteiger partial charge is 0.208 e. The number of benzene rings is 2. The normalized spacial score (nSPS) is 10.8. The number of aryl methyl sites for hydroxylation is 1. The Morgan fingerprint density at radius 2 is 1.84 bits per heavy atom. The second-order valence-electron chi connectivity index (χ2n) is 5.71. The lowest BCUT2D eigenvalue weighted by Gasteiger charge is -2.00. The average Bonchev–Trinajstić information content (AvgIpc) is 3.09. The number of carbonyl (C=O) groups is 1. The standard InChI is InChI=1S/C19H18FN3OS/c1-13-4-6-15(7-5-13)18-21-19(23-22-18)25-12-2-3-17(24)14-8-10-16(20)11-9-14/h4-11H,2-3,12H2,1H3,(H,21,22,23). The largest absolute Gasteiger partial charge is 0.294 e. The second-order valence-corrected chi connectivity index (χ2v) is 6.78. The fourth-order valence-corrected chi connectivity index (χ4v) is 3.07. The Kier molecular flexibility index (Phi) is 5.60. The van der Waals surface area contributed by atoms with E-state index in [0.29, 0.717) is 17.1 Å². The van der Waals surface area contributed by atoms with E-state index >= 15 is 0 Å². The zero-order valence-corrected chi connectivity index (χ0v) is 14.6. The summed E-state index contributed by atoms with van der Waals surface area (Å²) >= 11 is 1.51. The van der Waals surface area contributed by atoms with Crippen LogP contribution in [0, 0.1) is 12.7 Å². The highest BCUT2D eigenvalue weighted by molar-refractivity contribution is 7.99. The van der Waals surface area contributed by atoms with E-state index in [0.717, 1.165) is 23.6 Å². The highest BCUT2D eigenvalue weighted by atomic mass is 32.2. The molecule has 1 aromatic heterocycles. The maximum Gasteiger partial charge on any atom is 0.208 e. The highest BCUT2D eigenvalue weighted by Gasteiger charge is 2.08. The number of rotatable bonds is 7. The lowest BCUT2D eigenvalue weighted by atomic mass is 10.1. The molecular formula is C19H18FN3OS. The Balaban J connectivity index is 1.47. The summed E-state index contributed by atoms with van der Waals surface area (Å²) in [4.78, 5) is 16.5. The van der Waals surface area contributed by atoms with Gasteiger partial charge in [-0.25, -0.2) is 9.37 Å². The molecule has 0 aliphatic heterocycles. The van der Waals surface area contributed by atoms with Gasteiger partial charge in [-0.3, -0.25) is 9.89 Å². The van der Waals surface area contributed by atoms with Crippen molar-refractivity contribution in [2.45, 2.75) is 24.9 Å². The average molecular weight is 355 g/mol. The molecule has 1 heterocycles. The fourth-order valence-electron chi connectivity index (χ4n) is 2.33. The summed E-state index contributed by atoms with van der Waals surface area (Å²) in [6.45, 7) is 2.04.